The summed E-state index contributed by atoms with van der Waals surface area (Å²) in [6.45, 7) is 7.63. The molecule has 3 aromatic carbocycles. The summed E-state index contributed by atoms with van der Waals surface area (Å²) in [5.74, 6) is 0.355. The van der Waals surface area contributed by atoms with Crippen molar-refractivity contribution in [2.75, 3.05) is 11.9 Å². The maximum Gasteiger partial charge on any atom is 0.204 e. The summed E-state index contributed by atoms with van der Waals surface area (Å²) in [6.07, 6.45) is 0.973. The topological polar surface area (TPSA) is 29.9 Å². The zero-order chi connectivity index (χ0) is 22.1. The van der Waals surface area contributed by atoms with E-state index in [2.05, 4.69) is 36.7 Å². The van der Waals surface area contributed by atoms with Gasteiger partial charge in [-0.3, -0.25) is 0 Å². The van der Waals surface area contributed by atoms with E-state index in [1.54, 1.807) is 12.1 Å². The van der Waals surface area contributed by atoms with Crippen molar-refractivity contribution >= 4 is 40.2 Å². The molecule has 0 bridgehead atoms. The predicted molar refractivity (Wildman–Crippen MR) is 129 cm³/mol. The molecule has 0 aliphatic carbocycles. The molecule has 0 amide bonds. The third kappa shape index (κ3) is 4.15. The summed E-state index contributed by atoms with van der Waals surface area (Å²) in [7, 11) is 0. The highest BCUT2D eigenvalue weighted by Gasteiger charge is 2.20. The number of aromatic nitrogens is 2. The summed E-state index contributed by atoms with van der Waals surface area (Å²) >= 11 is 12.6. The van der Waals surface area contributed by atoms with Gasteiger partial charge in [-0.1, -0.05) is 54.4 Å². The number of benzene rings is 3. The Kier molecular flexibility index (Phi) is 6.22. The van der Waals surface area contributed by atoms with Crippen molar-refractivity contribution in [1.82, 2.24) is 9.55 Å². The first-order chi connectivity index (χ1) is 14.9. The van der Waals surface area contributed by atoms with E-state index in [0.717, 1.165) is 57.8 Å². The van der Waals surface area contributed by atoms with E-state index in [-0.39, 0.29) is 5.02 Å². The largest absolute Gasteiger partial charge is 0.356 e. The lowest BCUT2D eigenvalue weighted by molar-refractivity contribution is 0.627. The normalized spacial score (nSPS) is 11.3. The lowest BCUT2D eigenvalue weighted by atomic mass is 9.95. The van der Waals surface area contributed by atoms with Gasteiger partial charge in [0.05, 0.1) is 22.6 Å². The van der Waals surface area contributed by atoms with Crippen LogP contribution in [0.3, 0.4) is 0 Å². The fourth-order valence-corrected chi connectivity index (χ4v) is 4.26. The minimum atomic E-state index is -0.419. The molecular weight excluding hydrogens is 432 g/mol. The van der Waals surface area contributed by atoms with Crippen molar-refractivity contribution in [1.29, 1.82) is 0 Å². The van der Waals surface area contributed by atoms with Gasteiger partial charge in [0.2, 0.25) is 5.95 Å². The highest BCUT2D eigenvalue weighted by molar-refractivity contribution is 6.33. The van der Waals surface area contributed by atoms with Gasteiger partial charge in [-0.15, -0.1) is 0 Å². The van der Waals surface area contributed by atoms with Crippen molar-refractivity contribution in [2.24, 2.45) is 0 Å². The number of halogens is 3. The van der Waals surface area contributed by atoms with E-state index in [4.69, 9.17) is 28.2 Å². The highest BCUT2D eigenvalue weighted by atomic mass is 35.5. The van der Waals surface area contributed by atoms with Gasteiger partial charge in [0, 0.05) is 22.7 Å². The summed E-state index contributed by atoms with van der Waals surface area (Å²) in [4.78, 5) is 4.99. The predicted octanol–water partition coefficient (Wildman–Crippen LogP) is 7.64. The summed E-state index contributed by atoms with van der Waals surface area (Å²) < 4.78 is 15.8. The van der Waals surface area contributed by atoms with Crippen LogP contribution in [0.25, 0.3) is 22.2 Å². The Labute approximate surface area is 191 Å². The smallest absolute Gasteiger partial charge is 0.204 e. The Morgan fingerprint density at radius 2 is 1.81 bits per heavy atom. The fourth-order valence-electron chi connectivity index (χ4n) is 3.83. The number of aryl methyl sites for hydroxylation is 1. The van der Waals surface area contributed by atoms with Gasteiger partial charge in [-0.25, -0.2) is 9.37 Å². The van der Waals surface area contributed by atoms with E-state index in [1.165, 1.54) is 6.07 Å². The summed E-state index contributed by atoms with van der Waals surface area (Å²) in [6, 6.07) is 14.8. The van der Waals surface area contributed by atoms with Crippen molar-refractivity contribution in [2.45, 2.75) is 33.7 Å². The van der Waals surface area contributed by atoms with Gasteiger partial charge in [-0.2, -0.15) is 0 Å². The van der Waals surface area contributed by atoms with E-state index < -0.39 is 5.82 Å². The molecular formula is C25H24Cl2FN3. The number of rotatable bonds is 6. The zero-order valence-corrected chi connectivity index (χ0v) is 19.3. The van der Waals surface area contributed by atoms with Gasteiger partial charge in [0.15, 0.2) is 0 Å². The lowest BCUT2D eigenvalue weighted by Gasteiger charge is -2.14. The van der Waals surface area contributed by atoms with E-state index in [0.29, 0.717) is 11.6 Å². The molecule has 3 nitrogen and oxygen atoms in total. The van der Waals surface area contributed by atoms with E-state index in [1.807, 2.05) is 24.3 Å². The van der Waals surface area contributed by atoms with Gasteiger partial charge in [0.25, 0.3) is 0 Å². The highest BCUT2D eigenvalue weighted by Crippen LogP contribution is 2.38. The van der Waals surface area contributed by atoms with Crippen molar-refractivity contribution in [3.63, 3.8) is 0 Å². The number of imidazole rings is 1. The molecule has 0 atom stereocenters. The second-order valence-corrected chi connectivity index (χ2v) is 8.55. The second kappa shape index (κ2) is 8.89. The first-order valence-corrected chi connectivity index (χ1v) is 11.1. The van der Waals surface area contributed by atoms with Gasteiger partial charge in [-0.05, 0) is 61.2 Å². The minimum absolute atomic E-state index is 0.119. The molecule has 0 fully saturated rings. The van der Waals surface area contributed by atoms with Crippen molar-refractivity contribution in [3.05, 3.63) is 81.1 Å². The molecule has 0 radical (unpaired) electrons. The minimum Gasteiger partial charge on any atom is -0.356 e. The molecule has 0 aliphatic heterocycles. The number of anilines is 1. The monoisotopic (exact) mass is 455 g/mol. The third-order valence-corrected chi connectivity index (χ3v) is 6.18. The fraction of sp³-hybridized carbons (Fsp3) is 0.240. The van der Waals surface area contributed by atoms with Crippen LogP contribution >= 0.6 is 23.2 Å². The van der Waals surface area contributed by atoms with Crippen LogP contribution in [0.5, 0.6) is 0 Å². The van der Waals surface area contributed by atoms with Crippen LogP contribution in [0.15, 0.2) is 48.5 Å². The first-order valence-electron chi connectivity index (χ1n) is 10.3. The average molecular weight is 456 g/mol. The van der Waals surface area contributed by atoms with E-state index in [9.17, 15) is 4.39 Å². The molecule has 0 saturated carbocycles. The van der Waals surface area contributed by atoms with Crippen LogP contribution < -0.4 is 5.32 Å². The van der Waals surface area contributed by atoms with Crippen molar-refractivity contribution < 1.29 is 4.39 Å². The van der Waals surface area contributed by atoms with Crippen LogP contribution in [0, 0.1) is 19.7 Å². The number of nitrogens with zero attached hydrogens (tertiary/aromatic N) is 2. The van der Waals surface area contributed by atoms with Crippen LogP contribution in [0.4, 0.5) is 10.3 Å². The molecule has 1 heterocycles. The number of nitrogens with one attached hydrogen (secondary N) is 1. The van der Waals surface area contributed by atoms with Crippen LogP contribution in [0.2, 0.25) is 10.0 Å². The molecule has 4 rings (SSSR count). The zero-order valence-electron chi connectivity index (χ0n) is 17.8. The summed E-state index contributed by atoms with van der Waals surface area (Å²) in [5.41, 5.74) is 7.10. The second-order valence-electron chi connectivity index (χ2n) is 7.74. The molecule has 0 aliphatic rings. The maximum absolute atomic E-state index is 13.7. The van der Waals surface area contributed by atoms with Crippen LogP contribution in [-0.2, 0) is 6.54 Å². The van der Waals surface area contributed by atoms with Crippen LogP contribution in [0.1, 0.15) is 30.0 Å². The van der Waals surface area contributed by atoms with Gasteiger partial charge < -0.3 is 9.88 Å². The molecule has 160 valence electrons. The Morgan fingerprint density at radius 1 is 1.03 bits per heavy atom. The molecule has 31 heavy (non-hydrogen) atoms. The molecule has 0 saturated heterocycles. The average Bonchev–Trinajstić information content (AvgIpc) is 3.07. The maximum atomic E-state index is 13.7. The number of fused-ring (bicyclic) bond motifs is 1. The summed E-state index contributed by atoms with van der Waals surface area (Å²) in [5, 5.41) is 4.26. The quantitative estimate of drug-likeness (QED) is 0.323. The van der Waals surface area contributed by atoms with E-state index >= 15 is 0 Å². The Morgan fingerprint density at radius 3 is 2.52 bits per heavy atom. The van der Waals surface area contributed by atoms with Gasteiger partial charge in [0.1, 0.15) is 5.82 Å². The number of hydrogen-bond donors (Lipinski definition) is 1. The first kappa shape index (κ1) is 21.7. The SMILES string of the molecule is CCCNc1nc2c(-c3ccccc3Cl)c(C)c(C)cc2n1Cc1ccc(F)c(Cl)c1. The molecule has 1 N–H and O–H groups in total. The van der Waals surface area contributed by atoms with Crippen LogP contribution in [-0.4, -0.2) is 16.1 Å². The standard InChI is InChI=1S/C25H24Cl2FN3/c1-4-11-29-25-30-24-22(31(25)14-17-9-10-21(28)20(27)13-17)12-15(2)16(3)23(24)18-7-5-6-8-19(18)26/h5-10,12-13H,4,11,14H2,1-3H3,(H,29,30). The van der Waals surface area contributed by atoms with Gasteiger partial charge >= 0.3 is 0 Å². The molecule has 6 heteroatoms. The Bertz CT molecular complexity index is 1260. The number of hydrogen-bond acceptors (Lipinski definition) is 2. The molecule has 1 aromatic heterocycles. The molecule has 0 spiro atoms. The Hall–Kier alpha value is -2.56. The van der Waals surface area contributed by atoms with Crippen molar-refractivity contribution in [3.8, 4) is 11.1 Å². The third-order valence-electron chi connectivity index (χ3n) is 5.56. The lowest BCUT2D eigenvalue weighted by Crippen LogP contribution is -2.09. The Balaban J connectivity index is 1.96. The molecule has 0 unspecified atom stereocenters. The molecule has 4 aromatic rings.